The molecule has 2 rings (SSSR count). The number of hydroxylamine groups is 1. The van der Waals surface area contributed by atoms with E-state index in [1.165, 1.54) is 31.2 Å². The van der Waals surface area contributed by atoms with Crippen LogP contribution in [0.3, 0.4) is 0 Å². The molecule has 0 aliphatic heterocycles. The fourth-order valence-corrected chi connectivity index (χ4v) is 2.26. The van der Waals surface area contributed by atoms with E-state index in [0.717, 1.165) is 11.5 Å². The molecule has 0 atom stereocenters. The number of benzene rings is 1. The SMILES string of the molecule is ONCc1ccc(C2CCCC2)cc1. The Kier molecular flexibility index (Phi) is 3.17. The minimum absolute atomic E-state index is 0.533. The van der Waals surface area contributed by atoms with Crippen molar-refractivity contribution in [2.45, 2.75) is 38.1 Å². The summed E-state index contributed by atoms with van der Waals surface area (Å²) in [6.07, 6.45) is 5.45. The van der Waals surface area contributed by atoms with E-state index < -0.39 is 0 Å². The molecule has 0 spiro atoms. The minimum Gasteiger partial charge on any atom is -0.316 e. The smallest absolute Gasteiger partial charge is 0.0458 e. The number of hydrogen-bond acceptors (Lipinski definition) is 2. The molecular weight excluding hydrogens is 174 g/mol. The minimum atomic E-state index is 0.533. The first kappa shape index (κ1) is 9.69. The van der Waals surface area contributed by atoms with Crippen molar-refractivity contribution >= 4 is 0 Å². The Morgan fingerprint density at radius 2 is 1.79 bits per heavy atom. The van der Waals surface area contributed by atoms with Crippen molar-refractivity contribution in [3.05, 3.63) is 35.4 Å². The predicted octanol–water partition coefficient (Wildman–Crippen LogP) is 2.82. The van der Waals surface area contributed by atoms with Crippen LogP contribution in [0.1, 0.15) is 42.7 Å². The summed E-state index contributed by atoms with van der Waals surface area (Å²) in [5.74, 6) is 0.783. The molecule has 14 heavy (non-hydrogen) atoms. The van der Waals surface area contributed by atoms with Gasteiger partial charge in [0.2, 0.25) is 0 Å². The lowest BCUT2D eigenvalue weighted by Gasteiger charge is -2.09. The lowest BCUT2D eigenvalue weighted by Crippen LogP contribution is -2.05. The molecule has 0 radical (unpaired) electrons. The zero-order valence-corrected chi connectivity index (χ0v) is 8.37. The van der Waals surface area contributed by atoms with Gasteiger partial charge in [-0.1, -0.05) is 37.1 Å². The third-order valence-electron chi connectivity index (χ3n) is 3.09. The van der Waals surface area contributed by atoms with Crippen molar-refractivity contribution in [1.82, 2.24) is 5.48 Å². The van der Waals surface area contributed by atoms with Gasteiger partial charge in [-0.3, -0.25) is 0 Å². The molecule has 0 saturated heterocycles. The molecule has 1 aliphatic carbocycles. The molecule has 1 aromatic carbocycles. The van der Waals surface area contributed by atoms with Crippen LogP contribution >= 0.6 is 0 Å². The lowest BCUT2D eigenvalue weighted by molar-refractivity contribution is 0.161. The van der Waals surface area contributed by atoms with Gasteiger partial charge in [0.15, 0.2) is 0 Å². The molecule has 0 unspecified atom stereocenters. The van der Waals surface area contributed by atoms with Gasteiger partial charge in [-0.15, -0.1) is 0 Å². The highest BCUT2D eigenvalue weighted by molar-refractivity contribution is 5.25. The molecule has 2 nitrogen and oxygen atoms in total. The molecule has 1 fully saturated rings. The number of nitrogens with one attached hydrogen (secondary N) is 1. The van der Waals surface area contributed by atoms with Crippen LogP contribution in [-0.4, -0.2) is 5.21 Å². The summed E-state index contributed by atoms with van der Waals surface area (Å²) in [7, 11) is 0. The first-order chi connectivity index (χ1) is 6.90. The Bertz CT molecular complexity index is 275. The van der Waals surface area contributed by atoms with Gasteiger partial charge in [-0.2, -0.15) is 0 Å². The Balaban J connectivity index is 2.05. The van der Waals surface area contributed by atoms with Gasteiger partial charge in [0.05, 0.1) is 0 Å². The topological polar surface area (TPSA) is 32.3 Å². The first-order valence-corrected chi connectivity index (χ1v) is 5.36. The van der Waals surface area contributed by atoms with E-state index in [2.05, 4.69) is 29.7 Å². The van der Waals surface area contributed by atoms with Crippen LogP contribution < -0.4 is 5.48 Å². The Morgan fingerprint density at radius 3 is 2.36 bits per heavy atom. The van der Waals surface area contributed by atoms with Gasteiger partial charge < -0.3 is 5.21 Å². The van der Waals surface area contributed by atoms with Crippen LogP contribution in [0, 0.1) is 0 Å². The van der Waals surface area contributed by atoms with Crippen molar-refractivity contribution in [2.75, 3.05) is 0 Å². The average molecular weight is 191 g/mol. The van der Waals surface area contributed by atoms with Gasteiger partial charge in [0.25, 0.3) is 0 Å². The first-order valence-electron chi connectivity index (χ1n) is 5.36. The Labute approximate surface area is 84.9 Å². The fourth-order valence-electron chi connectivity index (χ4n) is 2.26. The normalized spacial score (nSPS) is 17.5. The molecule has 1 aliphatic rings. The van der Waals surface area contributed by atoms with Crippen LogP contribution in [0.25, 0.3) is 0 Å². The monoisotopic (exact) mass is 191 g/mol. The maximum absolute atomic E-state index is 8.55. The van der Waals surface area contributed by atoms with E-state index in [9.17, 15) is 0 Å². The molecule has 76 valence electrons. The van der Waals surface area contributed by atoms with Gasteiger partial charge in [0.1, 0.15) is 0 Å². The standard InChI is InChI=1S/C12H17NO/c14-13-9-10-5-7-12(8-6-10)11-3-1-2-4-11/h5-8,11,13-14H,1-4,9H2. The van der Waals surface area contributed by atoms with Gasteiger partial charge in [0, 0.05) is 6.54 Å². The summed E-state index contributed by atoms with van der Waals surface area (Å²) in [5, 5.41) is 8.55. The van der Waals surface area contributed by atoms with Crippen molar-refractivity contribution in [2.24, 2.45) is 0 Å². The van der Waals surface area contributed by atoms with E-state index in [1.807, 2.05) is 0 Å². The Hall–Kier alpha value is -0.860. The molecule has 0 bridgehead atoms. The Morgan fingerprint density at radius 1 is 1.14 bits per heavy atom. The molecule has 0 amide bonds. The molecule has 0 aromatic heterocycles. The summed E-state index contributed by atoms with van der Waals surface area (Å²) in [5.41, 5.74) is 4.77. The molecular formula is C12H17NO. The maximum Gasteiger partial charge on any atom is 0.0458 e. The second-order valence-corrected chi connectivity index (χ2v) is 4.06. The van der Waals surface area contributed by atoms with Crippen LogP contribution in [0.15, 0.2) is 24.3 Å². The van der Waals surface area contributed by atoms with Gasteiger partial charge in [-0.25, -0.2) is 5.48 Å². The third kappa shape index (κ3) is 2.14. The zero-order valence-electron chi connectivity index (χ0n) is 8.37. The second-order valence-electron chi connectivity index (χ2n) is 4.06. The highest BCUT2D eigenvalue weighted by atomic mass is 16.5. The summed E-state index contributed by atoms with van der Waals surface area (Å²) in [4.78, 5) is 0. The predicted molar refractivity (Wildman–Crippen MR) is 56.3 cm³/mol. The van der Waals surface area contributed by atoms with E-state index in [4.69, 9.17) is 5.21 Å². The average Bonchev–Trinajstić information content (AvgIpc) is 2.72. The summed E-state index contributed by atoms with van der Waals surface area (Å²) < 4.78 is 0. The molecule has 1 aromatic rings. The largest absolute Gasteiger partial charge is 0.316 e. The van der Waals surface area contributed by atoms with E-state index in [1.54, 1.807) is 0 Å². The van der Waals surface area contributed by atoms with E-state index >= 15 is 0 Å². The highest BCUT2D eigenvalue weighted by Gasteiger charge is 2.16. The maximum atomic E-state index is 8.55. The van der Waals surface area contributed by atoms with Crippen LogP contribution in [-0.2, 0) is 6.54 Å². The van der Waals surface area contributed by atoms with E-state index in [0.29, 0.717) is 6.54 Å². The van der Waals surface area contributed by atoms with Gasteiger partial charge >= 0.3 is 0 Å². The molecule has 0 heterocycles. The third-order valence-corrected chi connectivity index (χ3v) is 3.09. The molecule has 2 N–H and O–H groups in total. The number of hydrogen-bond donors (Lipinski definition) is 2. The summed E-state index contributed by atoms with van der Waals surface area (Å²) in [6.45, 7) is 0.533. The van der Waals surface area contributed by atoms with Crippen LogP contribution in [0.2, 0.25) is 0 Å². The zero-order chi connectivity index (χ0) is 9.80. The molecule has 1 saturated carbocycles. The quantitative estimate of drug-likeness (QED) is 0.720. The summed E-state index contributed by atoms with van der Waals surface area (Å²) in [6, 6.07) is 8.58. The van der Waals surface area contributed by atoms with Gasteiger partial charge in [-0.05, 0) is 29.9 Å². The van der Waals surface area contributed by atoms with Crippen molar-refractivity contribution in [3.8, 4) is 0 Å². The molecule has 2 heteroatoms. The summed E-state index contributed by atoms with van der Waals surface area (Å²) >= 11 is 0. The highest BCUT2D eigenvalue weighted by Crippen LogP contribution is 2.33. The fraction of sp³-hybridized carbons (Fsp3) is 0.500. The van der Waals surface area contributed by atoms with Crippen LogP contribution in [0.5, 0.6) is 0 Å². The van der Waals surface area contributed by atoms with Crippen molar-refractivity contribution in [3.63, 3.8) is 0 Å². The second kappa shape index (κ2) is 4.58. The number of rotatable bonds is 3. The van der Waals surface area contributed by atoms with E-state index in [-0.39, 0.29) is 0 Å². The lowest BCUT2D eigenvalue weighted by atomic mass is 9.97. The van der Waals surface area contributed by atoms with Crippen molar-refractivity contribution in [1.29, 1.82) is 0 Å². The van der Waals surface area contributed by atoms with Crippen LogP contribution in [0.4, 0.5) is 0 Å². The van der Waals surface area contributed by atoms with Crippen molar-refractivity contribution < 1.29 is 5.21 Å².